The smallest absolute Gasteiger partial charge is 0.119 e. The van der Waals surface area contributed by atoms with E-state index in [1.54, 1.807) is 0 Å². The molecule has 19 heavy (non-hydrogen) atoms. The van der Waals surface area contributed by atoms with E-state index in [1.165, 1.54) is 5.56 Å². The fourth-order valence-electron chi connectivity index (χ4n) is 2.13. The molecular weight excluding hydrogens is 242 g/mol. The average molecular weight is 265 g/mol. The Bertz CT molecular complexity index is 364. The van der Waals surface area contributed by atoms with E-state index in [1.807, 2.05) is 19.2 Å². The molecule has 0 saturated carbocycles. The van der Waals surface area contributed by atoms with Crippen LogP contribution in [-0.4, -0.2) is 40.1 Å². The Kier molecular flexibility index (Phi) is 6.14. The van der Waals surface area contributed by atoms with Crippen LogP contribution in [0.3, 0.4) is 0 Å². The summed E-state index contributed by atoms with van der Waals surface area (Å²) in [4.78, 5) is 0. The van der Waals surface area contributed by atoms with Gasteiger partial charge in [0.25, 0.3) is 0 Å². The zero-order valence-corrected chi connectivity index (χ0v) is 11.6. The lowest BCUT2D eigenvalue weighted by atomic mass is 10.1. The van der Waals surface area contributed by atoms with Crippen molar-refractivity contribution in [3.63, 3.8) is 0 Å². The van der Waals surface area contributed by atoms with Crippen molar-refractivity contribution in [1.82, 2.24) is 5.32 Å². The first-order valence-electron chi connectivity index (χ1n) is 6.90. The van der Waals surface area contributed by atoms with Crippen LogP contribution in [0.5, 0.6) is 5.75 Å². The summed E-state index contributed by atoms with van der Waals surface area (Å²) in [5.74, 6) is 1.47. The third-order valence-electron chi connectivity index (χ3n) is 3.15. The van der Waals surface area contributed by atoms with Gasteiger partial charge in [0.15, 0.2) is 0 Å². The largest absolute Gasteiger partial charge is 0.491 e. The molecule has 106 valence electrons. The zero-order chi connectivity index (χ0) is 13.3. The SMILES string of the molecule is CNCc1cccc(OCCOCC2CCOC2)c1. The highest BCUT2D eigenvalue weighted by atomic mass is 16.5. The molecule has 0 amide bonds. The molecule has 1 N–H and O–H groups in total. The van der Waals surface area contributed by atoms with Crippen LogP contribution in [0.2, 0.25) is 0 Å². The molecule has 1 fully saturated rings. The van der Waals surface area contributed by atoms with Gasteiger partial charge in [-0.2, -0.15) is 0 Å². The third kappa shape index (κ3) is 5.19. The molecule has 2 rings (SSSR count). The number of hydrogen-bond donors (Lipinski definition) is 1. The summed E-state index contributed by atoms with van der Waals surface area (Å²) in [6.45, 7) is 4.58. The average Bonchev–Trinajstić information content (AvgIpc) is 2.92. The van der Waals surface area contributed by atoms with Crippen molar-refractivity contribution in [3.05, 3.63) is 29.8 Å². The second-order valence-corrected chi connectivity index (χ2v) is 4.83. The molecule has 1 saturated heterocycles. The predicted octanol–water partition coefficient (Wildman–Crippen LogP) is 1.84. The van der Waals surface area contributed by atoms with Gasteiger partial charge >= 0.3 is 0 Å². The maximum absolute atomic E-state index is 5.67. The summed E-state index contributed by atoms with van der Waals surface area (Å²) in [6.07, 6.45) is 1.12. The van der Waals surface area contributed by atoms with Gasteiger partial charge in [0, 0.05) is 19.1 Å². The zero-order valence-electron chi connectivity index (χ0n) is 11.6. The molecule has 0 aliphatic carbocycles. The first-order valence-corrected chi connectivity index (χ1v) is 6.90. The van der Waals surface area contributed by atoms with Gasteiger partial charge in [-0.3, -0.25) is 0 Å². The highest BCUT2D eigenvalue weighted by Gasteiger charge is 2.15. The Morgan fingerprint density at radius 2 is 2.32 bits per heavy atom. The summed E-state index contributed by atoms with van der Waals surface area (Å²) >= 11 is 0. The van der Waals surface area contributed by atoms with E-state index >= 15 is 0 Å². The second kappa shape index (κ2) is 8.15. The maximum atomic E-state index is 5.67. The van der Waals surface area contributed by atoms with E-state index < -0.39 is 0 Å². The molecule has 1 heterocycles. The van der Waals surface area contributed by atoms with E-state index in [9.17, 15) is 0 Å². The molecule has 1 unspecified atom stereocenters. The molecule has 1 aliphatic rings. The standard InChI is InChI=1S/C15H23NO3/c1-16-10-13-3-2-4-15(9-13)19-8-7-18-12-14-5-6-17-11-14/h2-4,9,14,16H,5-8,10-12H2,1H3. The topological polar surface area (TPSA) is 39.7 Å². The predicted molar refractivity (Wildman–Crippen MR) is 74.4 cm³/mol. The van der Waals surface area contributed by atoms with Crippen LogP contribution in [0.15, 0.2) is 24.3 Å². The Morgan fingerprint density at radius 3 is 3.11 bits per heavy atom. The van der Waals surface area contributed by atoms with Crippen LogP contribution in [0.25, 0.3) is 0 Å². The molecule has 0 bridgehead atoms. The van der Waals surface area contributed by atoms with E-state index in [-0.39, 0.29) is 0 Å². The quantitative estimate of drug-likeness (QED) is 0.728. The minimum atomic E-state index is 0.568. The van der Waals surface area contributed by atoms with Crippen molar-refractivity contribution in [2.24, 2.45) is 5.92 Å². The summed E-state index contributed by atoms with van der Waals surface area (Å²) in [5, 5.41) is 3.13. The molecule has 1 aromatic carbocycles. The van der Waals surface area contributed by atoms with Crippen LogP contribution in [0, 0.1) is 5.92 Å². The van der Waals surface area contributed by atoms with Gasteiger partial charge in [0.05, 0.1) is 19.8 Å². The van der Waals surface area contributed by atoms with Crippen molar-refractivity contribution < 1.29 is 14.2 Å². The summed E-state index contributed by atoms with van der Waals surface area (Å²) in [6, 6.07) is 8.13. The van der Waals surface area contributed by atoms with E-state index in [2.05, 4.69) is 17.4 Å². The fraction of sp³-hybridized carbons (Fsp3) is 0.600. The van der Waals surface area contributed by atoms with Crippen LogP contribution in [-0.2, 0) is 16.0 Å². The normalized spacial score (nSPS) is 18.7. The van der Waals surface area contributed by atoms with Crippen molar-refractivity contribution in [2.45, 2.75) is 13.0 Å². The van der Waals surface area contributed by atoms with Crippen molar-refractivity contribution in [3.8, 4) is 5.75 Å². The number of rotatable bonds is 8. The van der Waals surface area contributed by atoms with E-state index in [0.29, 0.717) is 19.1 Å². The van der Waals surface area contributed by atoms with Gasteiger partial charge in [-0.15, -0.1) is 0 Å². The Morgan fingerprint density at radius 1 is 1.37 bits per heavy atom. The molecule has 0 radical (unpaired) electrons. The molecule has 1 atom stereocenters. The van der Waals surface area contributed by atoms with Gasteiger partial charge in [-0.05, 0) is 31.2 Å². The number of benzene rings is 1. The highest BCUT2D eigenvalue weighted by Crippen LogP contribution is 2.14. The van der Waals surface area contributed by atoms with Crippen LogP contribution in [0.4, 0.5) is 0 Å². The van der Waals surface area contributed by atoms with Gasteiger partial charge in [0.1, 0.15) is 12.4 Å². The third-order valence-corrected chi connectivity index (χ3v) is 3.15. The first kappa shape index (κ1) is 14.3. The van der Waals surface area contributed by atoms with Crippen molar-refractivity contribution in [2.75, 3.05) is 40.1 Å². The molecule has 4 nitrogen and oxygen atoms in total. The number of hydrogen-bond acceptors (Lipinski definition) is 4. The monoisotopic (exact) mass is 265 g/mol. The highest BCUT2D eigenvalue weighted by molar-refractivity contribution is 5.28. The number of ether oxygens (including phenoxy) is 3. The van der Waals surface area contributed by atoms with Gasteiger partial charge < -0.3 is 19.5 Å². The molecule has 1 aromatic rings. The summed E-state index contributed by atoms with van der Waals surface area (Å²) < 4.78 is 16.6. The van der Waals surface area contributed by atoms with Crippen molar-refractivity contribution >= 4 is 0 Å². The minimum Gasteiger partial charge on any atom is -0.491 e. The van der Waals surface area contributed by atoms with Gasteiger partial charge in [0.2, 0.25) is 0 Å². The van der Waals surface area contributed by atoms with Crippen LogP contribution in [0.1, 0.15) is 12.0 Å². The number of nitrogens with one attached hydrogen (secondary N) is 1. The maximum Gasteiger partial charge on any atom is 0.119 e. The molecule has 0 aromatic heterocycles. The minimum absolute atomic E-state index is 0.568. The Hall–Kier alpha value is -1.10. The second-order valence-electron chi connectivity index (χ2n) is 4.83. The molecule has 4 heteroatoms. The Labute approximate surface area is 115 Å². The summed E-state index contributed by atoms with van der Waals surface area (Å²) in [7, 11) is 1.94. The molecule has 0 spiro atoms. The van der Waals surface area contributed by atoms with E-state index in [4.69, 9.17) is 14.2 Å². The Balaban J connectivity index is 1.60. The lowest BCUT2D eigenvalue weighted by molar-refractivity contribution is 0.0684. The summed E-state index contributed by atoms with van der Waals surface area (Å²) in [5.41, 5.74) is 1.23. The lowest BCUT2D eigenvalue weighted by Crippen LogP contribution is -2.14. The fourth-order valence-corrected chi connectivity index (χ4v) is 2.13. The van der Waals surface area contributed by atoms with E-state index in [0.717, 1.165) is 38.5 Å². The lowest BCUT2D eigenvalue weighted by Gasteiger charge is -2.10. The van der Waals surface area contributed by atoms with Crippen molar-refractivity contribution in [1.29, 1.82) is 0 Å². The van der Waals surface area contributed by atoms with Crippen LogP contribution < -0.4 is 10.1 Å². The van der Waals surface area contributed by atoms with Crippen LogP contribution >= 0.6 is 0 Å². The molecule has 1 aliphatic heterocycles. The van der Waals surface area contributed by atoms with Gasteiger partial charge in [-0.1, -0.05) is 12.1 Å². The first-order chi connectivity index (χ1) is 9.38. The van der Waals surface area contributed by atoms with Gasteiger partial charge in [-0.25, -0.2) is 0 Å². The molecular formula is C15H23NO3.